The minimum absolute atomic E-state index is 0.0610. The van der Waals surface area contributed by atoms with Gasteiger partial charge < -0.3 is 10.8 Å². The highest BCUT2D eigenvalue weighted by atomic mass is 19.1. The molecular formula is C25H34FN5O. The van der Waals surface area contributed by atoms with E-state index in [4.69, 9.17) is 5.73 Å². The Morgan fingerprint density at radius 3 is 2.66 bits per heavy atom. The van der Waals surface area contributed by atoms with Gasteiger partial charge in [0.1, 0.15) is 0 Å². The fourth-order valence-corrected chi connectivity index (χ4v) is 7.43. The van der Waals surface area contributed by atoms with Crippen molar-refractivity contribution in [1.82, 2.24) is 19.7 Å². The van der Waals surface area contributed by atoms with Crippen LogP contribution >= 0.6 is 0 Å². The van der Waals surface area contributed by atoms with Crippen molar-refractivity contribution in [2.75, 3.05) is 13.2 Å². The molecule has 3 aliphatic carbocycles. The largest absolute Gasteiger partial charge is 0.396 e. The van der Waals surface area contributed by atoms with Gasteiger partial charge in [0.25, 0.3) is 5.95 Å². The van der Waals surface area contributed by atoms with Gasteiger partial charge in [0, 0.05) is 6.61 Å². The average molecular weight is 440 g/mol. The Kier molecular flexibility index (Phi) is 5.25. The molecule has 2 saturated carbocycles. The maximum Gasteiger partial charge on any atom is 0.250 e. The maximum atomic E-state index is 13.3. The van der Waals surface area contributed by atoms with Crippen LogP contribution in [0.15, 0.2) is 30.7 Å². The van der Waals surface area contributed by atoms with Crippen LogP contribution in [0.25, 0.3) is 5.95 Å². The van der Waals surface area contributed by atoms with E-state index in [0.717, 1.165) is 43.8 Å². The van der Waals surface area contributed by atoms with Gasteiger partial charge in [0.05, 0.1) is 24.3 Å². The molecule has 6 nitrogen and oxygen atoms in total. The minimum Gasteiger partial charge on any atom is -0.396 e. The van der Waals surface area contributed by atoms with Crippen LogP contribution in [0.5, 0.6) is 0 Å². The summed E-state index contributed by atoms with van der Waals surface area (Å²) in [6, 6.07) is 0. The van der Waals surface area contributed by atoms with Gasteiger partial charge in [-0.15, -0.1) is 0 Å². The topological polar surface area (TPSA) is 89.9 Å². The molecule has 0 bridgehead atoms. The lowest BCUT2D eigenvalue weighted by Crippen LogP contribution is -2.53. The zero-order chi connectivity index (χ0) is 22.7. The third-order valence-corrected chi connectivity index (χ3v) is 9.43. The lowest BCUT2D eigenvalue weighted by molar-refractivity contribution is -0.0538. The summed E-state index contributed by atoms with van der Waals surface area (Å²) in [6.07, 6.45) is 10.3. The Hall–Kier alpha value is -2.12. The van der Waals surface area contributed by atoms with Crippen molar-refractivity contribution in [2.45, 2.75) is 52.4 Å². The number of halogens is 1. The number of aliphatic hydroxyl groups excluding tert-OH is 1. The second-order valence-corrected chi connectivity index (χ2v) is 10.7. The third-order valence-electron chi connectivity index (χ3n) is 9.43. The lowest BCUT2D eigenvalue weighted by atomic mass is 9.49. The van der Waals surface area contributed by atoms with Crippen LogP contribution in [0.1, 0.15) is 50.8 Å². The van der Waals surface area contributed by atoms with Gasteiger partial charge in [-0.1, -0.05) is 26.0 Å². The number of hydrogen-bond acceptors (Lipinski definition) is 5. The first-order chi connectivity index (χ1) is 15.3. The van der Waals surface area contributed by atoms with Crippen LogP contribution in [0, 0.1) is 40.3 Å². The Morgan fingerprint density at radius 1 is 1.22 bits per heavy atom. The van der Waals surface area contributed by atoms with Crippen molar-refractivity contribution in [3.05, 3.63) is 47.8 Å². The van der Waals surface area contributed by atoms with Gasteiger partial charge in [0.2, 0.25) is 0 Å². The predicted octanol–water partition coefficient (Wildman–Crippen LogP) is 3.47. The Labute approximate surface area is 189 Å². The zero-order valence-electron chi connectivity index (χ0n) is 19.1. The predicted molar refractivity (Wildman–Crippen MR) is 120 cm³/mol. The fraction of sp³-hybridized carbons (Fsp3) is 0.640. The fourth-order valence-electron chi connectivity index (χ4n) is 7.43. The van der Waals surface area contributed by atoms with E-state index in [0.29, 0.717) is 36.7 Å². The summed E-state index contributed by atoms with van der Waals surface area (Å²) in [5.41, 5.74) is 10.2. The number of aliphatic hydroxyl groups is 1. The van der Waals surface area contributed by atoms with E-state index in [1.54, 1.807) is 4.68 Å². The summed E-state index contributed by atoms with van der Waals surface area (Å²) < 4.78 is 15.0. The van der Waals surface area contributed by atoms with Crippen molar-refractivity contribution in [3.63, 3.8) is 0 Å². The number of nitrogens with zero attached hydrogens (tertiary/aromatic N) is 4. The molecule has 2 heterocycles. The number of hydrogen-bond donors (Lipinski definition) is 2. The Bertz CT molecular complexity index is 1020. The van der Waals surface area contributed by atoms with Crippen molar-refractivity contribution < 1.29 is 9.50 Å². The van der Waals surface area contributed by atoms with E-state index in [-0.39, 0.29) is 23.4 Å². The number of fused-ring (bicyclic) bond motifs is 2. The third kappa shape index (κ3) is 3.08. The summed E-state index contributed by atoms with van der Waals surface area (Å²) in [4.78, 5) is 8.22. The number of rotatable bonds is 4. The SMILES string of the molecule is C=C1CC[C@H]2[C@@H](CN)[C@@H]([C@]3(C)Cc4cnn(-c5ncc(F)cn5)c4C[C@@H]3CO)CC[C@]12C. The molecule has 0 radical (unpaired) electrons. The summed E-state index contributed by atoms with van der Waals surface area (Å²) in [6.45, 7) is 9.95. The van der Waals surface area contributed by atoms with Crippen LogP contribution in [-0.2, 0) is 12.8 Å². The molecule has 0 aliphatic heterocycles. The second kappa shape index (κ2) is 7.73. The van der Waals surface area contributed by atoms with Gasteiger partial charge >= 0.3 is 0 Å². The first-order valence-corrected chi connectivity index (χ1v) is 11.8. The van der Waals surface area contributed by atoms with E-state index < -0.39 is 5.82 Å². The first kappa shape index (κ1) is 21.7. The number of aromatic nitrogens is 4. The molecule has 0 amide bonds. The molecule has 172 valence electrons. The first-order valence-electron chi connectivity index (χ1n) is 11.8. The number of nitrogens with two attached hydrogens (primary N) is 1. The quantitative estimate of drug-likeness (QED) is 0.712. The van der Waals surface area contributed by atoms with Crippen molar-refractivity contribution in [3.8, 4) is 5.95 Å². The summed E-state index contributed by atoms with van der Waals surface area (Å²) in [7, 11) is 0. The van der Waals surface area contributed by atoms with Crippen molar-refractivity contribution in [2.24, 2.45) is 40.2 Å². The second-order valence-electron chi connectivity index (χ2n) is 10.7. The van der Waals surface area contributed by atoms with Crippen LogP contribution in [0.3, 0.4) is 0 Å². The van der Waals surface area contributed by atoms with Gasteiger partial charge in [-0.3, -0.25) is 0 Å². The van der Waals surface area contributed by atoms with Gasteiger partial charge in [-0.2, -0.15) is 5.10 Å². The van der Waals surface area contributed by atoms with Gasteiger partial charge in [0.15, 0.2) is 5.82 Å². The molecule has 6 atom stereocenters. The highest BCUT2D eigenvalue weighted by molar-refractivity contribution is 5.31. The molecule has 0 aromatic carbocycles. The lowest BCUT2D eigenvalue weighted by Gasteiger charge is -2.55. The Morgan fingerprint density at radius 2 is 1.97 bits per heavy atom. The highest BCUT2D eigenvalue weighted by Gasteiger charge is 2.56. The minimum atomic E-state index is -0.470. The summed E-state index contributed by atoms with van der Waals surface area (Å²) in [5, 5.41) is 15.0. The highest BCUT2D eigenvalue weighted by Crippen LogP contribution is 2.62. The molecule has 2 fully saturated rings. The monoisotopic (exact) mass is 439 g/mol. The normalized spacial score (nSPS) is 36.7. The van der Waals surface area contributed by atoms with E-state index in [1.165, 1.54) is 17.6 Å². The molecule has 3 aliphatic rings. The molecule has 0 saturated heterocycles. The smallest absolute Gasteiger partial charge is 0.250 e. The number of allylic oxidation sites excluding steroid dienone is 1. The van der Waals surface area contributed by atoms with Gasteiger partial charge in [-0.25, -0.2) is 19.0 Å². The Balaban J connectivity index is 1.49. The molecule has 7 heteroatoms. The van der Waals surface area contributed by atoms with E-state index in [1.807, 2.05) is 6.20 Å². The molecule has 0 unspecified atom stereocenters. The molecular weight excluding hydrogens is 405 g/mol. The molecule has 0 spiro atoms. The standard InChI is InChI=1S/C25H34FN5O/c1-15-4-5-20-19(10-27)21(6-7-24(15,20)2)25(3)9-16-11-30-31(22(16)8-17(25)14-32)23-28-12-18(26)13-29-23/h11-13,17,19-21,32H,1,4-10,14,27H2,2-3H3/t17-,19-,20+,21+,24-,25-/m1/s1. The summed E-state index contributed by atoms with van der Waals surface area (Å²) in [5.74, 6) is 1.45. The van der Waals surface area contributed by atoms with Crippen molar-refractivity contribution >= 4 is 0 Å². The maximum absolute atomic E-state index is 13.3. The molecule has 2 aromatic heterocycles. The molecule has 32 heavy (non-hydrogen) atoms. The zero-order valence-corrected chi connectivity index (χ0v) is 19.1. The van der Waals surface area contributed by atoms with E-state index in [9.17, 15) is 9.50 Å². The van der Waals surface area contributed by atoms with Crippen LogP contribution < -0.4 is 5.73 Å². The van der Waals surface area contributed by atoms with Crippen molar-refractivity contribution in [1.29, 1.82) is 0 Å². The van der Waals surface area contributed by atoms with E-state index in [2.05, 4.69) is 35.5 Å². The van der Waals surface area contributed by atoms with Crippen LogP contribution in [0.2, 0.25) is 0 Å². The molecule has 3 N–H and O–H groups in total. The molecule has 2 aromatic rings. The summed E-state index contributed by atoms with van der Waals surface area (Å²) >= 11 is 0. The van der Waals surface area contributed by atoms with Crippen LogP contribution in [0.4, 0.5) is 4.39 Å². The van der Waals surface area contributed by atoms with E-state index >= 15 is 0 Å². The van der Waals surface area contributed by atoms with Crippen LogP contribution in [-0.4, -0.2) is 38.0 Å². The molecule has 5 rings (SSSR count). The van der Waals surface area contributed by atoms with Gasteiger partial charge in [-0.05, 0) is 85.1 Å². The average Bonchev–Trinajstić information content (AvgIpc) is 3.32.